The predicted molar refractivity (Wildman–Crippen MR) is 103 cm³/mol. The summed E-state index contributed by atoms with van der Waals surface area (Å²) in [5, 5.41) is 18.3. The second-order valence-electron chi connectivity index (χ2n) is 6.77. The Hall–Kier alpha value is -3.93. The highest BCUT2D eigenvalue weighted by atomic mass is 19.1. The molecule has 0 radical (unpaired) electrons. The van der Waals surface area contributed by atoms with E-state index in [0.717, 1.165) is 18.2 Å². The molecule has 1 amide bonds. The molecule has 1 aliphatic rings. The Kier molecular flexibility index (Phi) is 5.29. The Morgan fingerprint density at radius 1 is 1.29 bits per heavy atom. The zero-order valence-electron chi connectivity index (χ0n) is 16.0. The van der Waals surface area contributed by atoms with Crippen LogP contribution >= 0.6 is 0 Å². The molecule has 0 saturated heterocycles. The SMILES string of the molecule is NCc1cn(-c2cc(F)c(C3=CCN(C(=O)c4ccc([N+](=O)[O-])o4)CC3)c(F)c2)nn1. The van der Waals surface area contributed by atoms with Crippen molar-refractivity contribution in [1.29, 1.82) is 0 Å². The van der Waals surface area contributed by atoms with Gasteiger partial charge < -0.3 is 15.1 Å². The number of halogens is 2. The summed E-state index contributed by atoms with van der Waals surface area (Å²) in [6, 6.07) is 4.61. The van der Waals surface area contributed by atoms with Crippen LogP contribution in [0.15, 0.2) is 41.0 Å². The zero-order chi connectivity index (χ0) is 22.1. The molecule has 12 heteroatoms. The summed E-state index contributed by atoms with van der Waals surface area (Å²) in [5.41, 5.74) is 6.35. The number of rotatable bonds is 5. The van der Waals surface area contributed by atoms with Gasteiger partial charge in [-0.25, -0.2) is 13.5 Å². The van der Waals surface area contributed by atoms with Crippen LogP contribution in [0.3, 0.4) is 0 Å². The van der Waals surface area contributed by atoms with Crippen molar-refractivity contribution in [3.8, 4) is 5.69 Å². The molecule has 3 aromatic rings. The van der Waals surface area contributed by atoms with Gasteiger partial charge in [-0.15, -0.1) is 5.10 Å². The quantitative estimate of drug-likeness (QED) is 0.485. The first kappa shape index (κ1) is 20.3. The van der Waals surface area contributed by atoms with E-state index in [2.05, 4.69) is 10.3 Å². The third-order valence-electron chi connectivity index (χ3n) is 4.84. The molecule has 160 valence electrons. The van der Waals surface area contributed by atoms with Gasteiger partial charge in [0.25, 0.3) is 5.91 Å². The van der Waals surface area contributed by atoms with Gasteiger partial charge in [-0.1, -0.05) is 11.3 Å². The molecule has 3 heterocycles. The fourth-order valence-corrected chi connectivity index (χ4v) is 3.29. The van der Waals surface area contributed by atoms with E-state index in [4.69, 9.17) is 10.2 Å². The molecule has 2 N–H and O–H groups in total. The van der Waals surface area contributed by atoms with Crippen molar-refractivity contribution in [2.24, 2.45) is 5.73 Å². The second kappa shape index (κ2) is 8.07. The van der Waals surface area contributed by atoms with Crippen LogP contribution in [0.5, 0.6) is 0 Å². The molecular formula is C19H16F2N6O4. The summed E-state index contributed by atoms with van der Waals surface area (Å²) >= 11 is 0. The highest BCUT2D eigenvalue weighted by Crippen LogP contribution is 2.30. The number of nitrogens with zero attached hydrogens (tertiary/aromatic N) is 5. The Morgan fingerprint density at radius 2 is 2.03 bits per heavy atom. The molecule has 0 fully saturated rings. The van der Waals surface area contributed by atoms with Crippen molar-refractivity contribution in [2.45, 2.75) is 13.0 Å². The van der Waals surface area contributed by atoms with Gasteiger partial charge in [0.2, 0.25) is 0 Å². The van der Waals surface area contributed by atoms with Crippen LogP contribution in [0.25, 0.3) is 11.3 Å². The first-order chi connectivity index (χ1) is 14.9. The van der Waals surface area contributed by atoms with Crippen LogP contribution in [0, 0.1) is 21.7 Å². The molecule has 1 aromatic carbocycles. The number of benzene rings is 1. The monoisotopic (exact) mass is 430 g/mol. The lowest BCUT2D eigenvalue weighted by Gasteiger charge is -2.26. The smallest absolute Gasteiger partial charge is 0.395 e. The number of nitrogens with two attached hydrogens (primary N) is 1. The molecule has 0 aliphatic carbocycles. The normalized spacial score (nSPS) is 13.9. The predicted octanol–water partition coefficient (Wildman–Crippen LogP) is 2.43. The van der Waals surface area contributed by atoms with Crippen molar-refractivity contribution in [2.75, 3.05) is 13.1 Å². The Morgan fingerprint density at radius 3 is 2.58 bits per heavy atom. The minimum Gasteiger partial charge on any atom is -0.395 e. The minimum absolute atomic E-state index is 0.0756. The highest BCUT2D eigenvalue weighted by Gasteiger charge is 2.26. The van der Waals surface area contributed by atoms with Crippen LogP contribution in [-0.4, -0.2) is 43.8 Å². The standard InChI is InChI=1S/C19H16F2N6O4/c20-14-7-13(26-10-12(9-22)23-24-26)8-15(21)18(14)11-3-5-25(6-4-11)19(28)16-1-2-17(31-16)27(29)30/h1-3,7-8,10H,4-6,9,22H2. The maximum absolute atomic E-state index is 14.7. The van der Waals surface area contributed by atoms with Gasteiger partial charge in [-0.3, -0.25) is 14.9 Å². The van der Waals surface area contributed by atoms with E-state index < -0.39 is 28.3 Å². The van der Waals surface area contributed by atoms with E-state index in [9.17, 15) is 23.7 Å². The van der Waals surface area contributed by atoms with Crippen LogP contribution < -0.4 is 5.73 Å². The van der Waals surface area contributed by atoms with E-state index in [0.29, 0.717) is 11.3 Å². The summed E-state index contributed by atoms with van der Waals surface area (Å²) in [6.45, 7) is 0.394. The Bertz CT molecular complexity index is 1180. The number of nitro groups is 1. The second-order valence-corrected chi connectivity index (χ2v) is 6.77. The van der Waals surface area contributed by atoms with Crippen LogP contribution in [0.4, 0.5) is 14.7 Å². The molecule has 1 aliphatic heterocycles. The van der Waals surface area contributed by atoms with Gasteiger partial charge in [0.05, 0.1) is 23.6 Å². The molecule has 0 saturated carbocycles. The average molecular weight is 430 g/mol. The number of furan rings is 1. The maximum atomic E-state index is 14.7. The van der Waals surface area contributed by atoms with Gasteiger partial charge >= 0.3 is 5.88 Å². The molecular weight excluding hydrogens is 414 g/mol. The van der Waals surface area contributed by atoms with Gasteiger partial charge in [0.15, 0.2) is 5.76 Å². The fourth-order valence-electron chi connectivity index (χ4n) is 3.29. The van der Waals surface area contributed by atoms with E-state index in [1.165, 1.54) is 21.8 Å². The third-order valence-corrected chi connectivity index (χ3v) is 4.84. The van der Waals surface area contributed by atoms with Crippen LogP contribution in [0.1, 0.15) is 28.2 Å². The van der Waals surface area contributed by atoms with Crippen molar-refractivity contribution in [3.63, 3.8) is 0 Å². The van der Waals surface area contributed by atoms with Crippen molar-refractivity contribution in [3.05, 3.63) is 75.3 Å². The summed E-state index contributed by atoms with van der Waals surface area (Å²) in [5.74, 6) is -2.79. The van der Waals surface area contributed by atoms with Crippen molar-refractivity contribution in [1.82, 2.24) is 19.9 Å². The van der Waals surface area contributed by atoms with Gasteiger partial charge in [0, 0.05) is 37.3 Å². The number of amides is 1. The molecule has 0 spiro atoms. The van der Waals surface area contributed by atoms with Gasteiger partial charge in [-0.05, 0) is 18.1 Å². The number of hydrogen-bond donors (Lipinski definition) is 1. The van der Waals surface area contributed by atoms with E-state index in [1.54, 1.807) is 6.08 Å². The topological polar surface area (TPSA) is 133 Å². The fraction of sp³-hybridized carbons (Fsp3) is 0.211. The summed E-state index contributed by atoms with van der Waals surface area (Å²) in [6.07, 6.45) is 3.22. The Labute approximate surface area is 173 Å². The molecule has 0 unspecified atom stereocenters. The number of carbonyl (C=O) groups excluding carboxylic acids is 1. The first-order valence-corrected chi connectivity index (χ1v) is 9.21. The van der Waals surface area contributed by atoms with Crippen molar-refractivity contribution < 1.29 is 22.9 Å². The first-order valence-electron chi connectivity index (χ1n) is 9.21. The van der Waals surface area contributed by atoms with E-state index in [1.807, 2.05) is 0 Å². The zero-order valence-corrected chi connectivity index (χ0v) is 16.0. The molecule has 4 rings (SSSR count). The van der Waals surface area contributed by atoms with E-state index >= 15 is 0 Å². The highest BCUT2D eigenvalue weighted by molar-refractivity contribution is 5.92. The molecule has 0 bridgehead atoms. The van der Waals surface area contributed by atoms with Crippen LogP contribution in [0.2, 0.25) is 0 Å². The summed E-state index contributed by atoms with van der Waals surface area (Å²) < 4.78 is 35.6. The third kappa shape index (κ3) is 3.92. The maximum Gasteiger partial charge on any atom is 0.433 e. The number of carbonyl (C=O) groups is 1. The van der Waals surface area contributed by atoms with E-state index in [-0.39, 0.29) is 43.1 Å². The molecule has 31 heavy (non-hydrogen) atoms. The lowest BCUT2D eigenvalue weighted by molar-refractivity contribution is -0.402. The number of hydrogen-bond acceptors (Lipinski definition) is 7. The lowest BCUT2D eigenvalue weighted by atomic mass is 9.97. The minimum atomic E-state index is -0.771. The van der Waals surface area contributed by atoms with Gasteiger partial charge in [0.1, 0.15) is 16.6 Å². The average Bonchev–Trinajstić information content (AvgIpc) is 3.43. The molecule has 10 nitrogen and oxygen atoms in total. The number of aromatic nitrogens is 3. The van der Waals surface area contributed by atoms with Crippen LogP contribution in [-0.2, 0) is 6.54 Å². The largest absolute Gasteiger partial charge is 0.433 e. The lowest BCUT2D eigenvalue weighted by Crippen LogP contribution is -2.34. The molecule has 0 atom stereocenters. The summed E-state index contributed by atoms with van der Waals surface area (Å²) in [7, 11) is 0. The molecule has 2 aromatic heterocycles. The Balaban J connectivity index is 1.53. The van der Waals surface area contributed by atoms with Gasteiger partial charge in [-0.2, -0.15) is 0 Å². The summed E-state index contributed by atoms with van der Waals surface area (Å²) in [4.78, 5) is 23.8. The van der Waals surface area contributed by atoms with Crippen molar-refractivity contribution >= 4 is 17.4 Å².